The molecule has 2 aromatic rings. The molecule has 2 aliphatic rings. The maximum atomic E-state index is 11.9. The van der Waals surface area contributed by atoms with Gasteiger partial charge >= 0.3 is 17.9 Å². The van der Waals surface area contributed by atoms with E-state index in [1.807, 2.05) is 0 Å². The summed E-state index contributed by atoms with van der Waals surface area (Å²) < 4.78 is 29.8. The second kappa shape index (κ2) is 7.93. The molecule has 0 spiro atoms. The van der Waals surface area contributed by atoms with Gasteiger partial charge in [0.2, 0.25) is 0 Å². The van der Waals surface area contributed by atoms with Gasteiger partial charge in [-0.25, -0.2) is 19.7 Å². The van der Waals surface area contributed by atoms with Crippen molar-refractivity contribution in [1.82, 2.24) is 19.5 Å². The van der Waals surface area contributed by atoms with Crippen molar-refractivity contribution in [3.63, 3.8) is 0 Å². The highest BCUT2D eigenvalue weighted by Crippen LogP contribution is 2.39. The number of nitrogens with zero attached hydrogens (tertiary/aromatic N) is 4. The Hall–Kier alpha value is -1.86. The zero-order chi connectivity index (χ0) is 22.6. The number of imidazole rings is 1. The van der Waals surface area contributed by atoms with Crippen molar-refractivity contribution >= 4 is 50.6 Å². The minimum Gasteiger partial charge on any atom is -0.456 e. The third-order valence-electron chi connectivity index (χ3n) is 4.87. The van der Waals surface area contributed by atoms with E-state index in [0.717, 1.165) is 0 Å². The average Bonchev–Trinajstić information content (AvgIpc) is 3.28. The van der Waals surface area contributed by atoms with Gasteiger partial charge in [0.25, 0.3) is 0 Å². The number of hydrogen-bond donors (Lipinski definition) is 0. The number of ether oxygens (including phenoxy) is 5. The topological polar surface area (TPSA) is 124 Å². The van der Waals surface area contributed by atoms with Gasteiger partial charge in [-0.1, -0.05) is 27.5 Å². The number of carbonyl (C=O) groups excluding carboxylic acids is 2. The number of carbonyl (C=O) groups is 2. The molecule has 0 aromatic carbocycles. The molecule has 31 heavy (non-hydrogen) atoms. The van der Waals surface area contributed by atoms with Crippen LogP contribution < -0.4 is 0 Å². The Bertz CT molecular complexity index is 1030. The molecule has 2 saturated heterocycles. The van der Waals surface area contributed by atoms with Crippen LogP contribution >= 0.6 is 27.5 Å². The van der Waals surface area contributed by atoms with E-state index in [1.165, 1.54) is 26.5 Å². The van der Waals surface area contributed by atoms with Gasteiger partial charge in [-0.3, -0.25) is 14.1 Å². The lowest BCUT2D eigenvalue weighted by molar-refractivity contribution is -0.334. The molecule has 0 N–H and O–H groups in total. The minimum absolute atomic E-state index is 0.0214. The number of alkyl halides is 1. The molecule has 4 heterocycles. The monoisotopic (exact) mass is 518 g/mol. The number of rotatable bonds is 5. The number of hydrogen-bond acceptors (Lipinski definition) is 10. The normalized spacial score (nSPS) is 32.4. The number of aromatic nitrogens is 4. The summed E-state index contributed by atoms with van der Waals surface area (Å²) in [6, 6.07) is 0. The summed E-state index contributed by atoms with van der Waals surface area (Å²) in [5, 5.41) is 0.191. The number of halogens is 2. The molecule has 1 unspecified atom stereocenters. The molecule has 0 saturated carbocycles. The first kappa shape index (κ1) is 22.3. The van der Waals surface area contributed by atoms with Crippen molar-refractivity contribution in [1.29, 1.82) is 0 Å². The van der Waals surface area contributed by atoms with Crippen LogP contribution in [0.2, 0.25) is 5.15 Å². The highest BCUT2D eigenvalue weighted by Gasteiger charge is 2.53. The van der Waals surface area contributed by atoms with Crippen LogP contribution in [-0.2, 0) is 33.3 Å². The van der Waals surface area contributed by atoms with Gasteiger partial charge in [0, 0.05) is 13.8 Å². The Kier molecular flexibility index (Phi) is 5.71. The minimum atomic E-state index is -1.56. The van der Waals surface area contributed by atoms with Crippen molar-refractivity contribution in [2.45, 2.75) is 62.5 Å². The van der Waals surface area contributed by atoms with E-state index in [-0.39, 0.29) is 11.8 Å². The van der Waals surface area contributed by atoms with E-state index < -0.39 is 46.8 Å². The third kappa shape index (κ3) is 4.14. The summed E-state index contributed by atoms with van der Waals surface area (Å²) in [7, 11) is 0. The van der Waals surface area contributed by atoms with Crippen LogP contribution in [0.5, 0.6) is 0 Å². The molecule has 11 nitrogen and oxygen atoms in total. The fraction of sp³-hybridized carbons (Fsp3) is 0.611. The molecule has 0 amide bonds. The first-order valence-corrected chi connectivity index (χ1v) is 10.7. The van der Waals surface area contributed by atoms with Gasteiger partial charge in [0.1, 0.15) is 17.9 Å². The van der Waals surface area contributed by atoms with Gasteiger partial charge in [-0.15, -0.1) is 0 Å². The maximum absolute atomic E-state index is 11.9. The number of cyclic esters (lactones) is 1. The van der Waals surface area contributed by atoms with E-state index in [1.54, 1.807) is 18.4 Å². The molecule has 0 bridgehead atoms. The molecule has 13 heteroatoms. The molecule has 5 atom stereocenters. The Labute approximate surface area is 190 Å². The first-order chi connectivity index (χ1) is 14.5. The van der Waals surface area contributed by atoms with Crippen LogP contribution in [0.1, 0.15) is 33.9 Å². The van der Waals surface area contributed by atoms with Crippen LogP contribution in [-0.4, -0.2) is 66.7 Å². The Morgan fingerprint density at radius 1 is 1.32 bits per heavy atom. The SMILES string of the molecule is CC(=O)O[C@@H]1[C@@H](Br)[C@@H](COC2(C)OC(=O)C(C)(C)O2)O[C@H]1n1cnc2c(Cl)ncnc21. The second-order valence-electron chi connectivity index (χ2n) is 7.75. The second-order valence-corrected chi connectivity index (χ2v) is 9.16. The van der Waals surface area contributed by atoms with Crippen molar-refractivity contribution in [3.05, 3.63) is 17.8 Å². The third-order valence-corrected chi connectivity index (χ3v) is 6.26. The highest BCUT2D eigenvalue weighted by atomic mass is 79.9. The summed E-state index contributed by atoms with van der Waals surface area (Å²) in [6.45, 7) is 5.97. The molecule has 0 aliphatic carbocycles. The Balaban J connectivity index is 1.56. The summed E-state index contributed by atoms with van der Waals surface area (Å²) >= 11 is 9.63. The van der Waals surface area contributed by atoms with E-state index in [4.69, 9.17) is 35.3 Å². The smallest absolute Gasteiger partial charge is 0.342 e. The van der Waals surface area contributed by atoms with Gasteiger partial charge < -0.3 is 18.9 Å². The van der Waals surface area contributed by atoms with Crippen LogP contribution in [0.3, 0.4) is 0 Å². The molecular formula is C18H20BrClN4O7. The predicted octanol–water partition coefficient (Wildman–Crippen LogP) is 2.11. The summed E-state index contributed by atoms with van der Waals surface area (Å²) in [6.07, 6.45) is 0.704. The Morgan fingerprint density at radius 3 is 2.71 bits per heavy atom. The van der Waals surface area contributed by atoms with E-state index in [0.29, 0.717) is 11.2 Å². The lowest BCUT2D eigenvalue weighted by Crippen LogP contribution is -2.38. The van der Waals surface area contributed by atoms with Crippen LogP contribution in [0, 0.1) is 0 Å². The summed E-state index contributed by atoms with van der Waals surface area (Å²) in [5.74, 6) is -2.58. The summed E-state index contributed by atoms with van der Waals surface area (Å²) in [4.78, 5) is 35.6. The van der Waals surface area contributed by atoms with E-state index in [9.17, 15) is 9.59 Å². The van der Waals surface area contributed by atoms with E-state index in [2.05, 4.69) is 30.9 Å². The lowest BCUT2D eigenvalue weighted by atomic mass is 10.1. The standard InChI is InChI=1S/C18H20BrClN4O7/c1-8(25)28-12-10(19)9(5-27-18(4)30-16(26)17(2,3)31-18)29-15(12)24-7-23-11-13(20)21-6-22-14(11)24/h6-7,9-10,12,15H,5H2,1-4H3/t9-,10+,12-,15-,18?/m1/s1. The lowest BCUT2D eigenvalue weighted by Gasteiger charge is -2.25. The van der Waals surface area contributed by atoms with Gasteiger partial charge in [-0.05, 0) is 13.8 Å². The molecule has 2 aromatic heterocycles. The summed E-state index contributed by atoms with van der Waals surface area (Å²) in [5.41, 5.74) is -0.317. The zero-order valence-corrected chi connectivity index (χ0v) is 19.4. The number of esters is 2. The quantitative estimate of drug-likeness (QED) is 0.329. The fourth-order valence-corrected chi connectivity index (χ4v) is 4.31. The van der Waals surface area contributed by atoms with Crippen LogP contribution in [0.15, 0.2) is 12.7 Å². The number of fused-ring (bicyclic) bond motifs is 1. The van der Waals surface area contributed by atoms with Crippen LogP contribution in [0.4, 0.5) is 0 Å². The van der Waals surface area contributed by atoms with Crippen molar-refractivity contribution in [3.8, 4) is 0 Å². The van der Waals surface area contributed by atoms with Crippen molar-refractivity contribution < 1.29 is 33.3 Å². The maximum Gasteiger partial charge on any atom is 0.342 e. The largest absolute Gasteiger partial charge is 0.456 e. The molecule has 2 aliphatic heterocycles. The molecule has 4 rings (SSSR count). The molecule has 2 fully saturated rings. The molecule has 168 valence electrons. The average molecular weight is 520 g/mol. The van der Waals surface area contributed by atoms with Crippen molar-refractivity contribution in [2.75, 3.05) is 6.61 Å². The zero-order valence-electron chi connectivity index (χ0n) is 17.1. The highest BCUT2D eigenvalue weighted by molar-refractivity contribution is 9.09. The molecule has 0 radical (unpaired) electrons. The predicted molar refractivity (Wildman–Crippen MR) is 108 cm³/mol. The van der Waals surface area contributed by atoms with Crippen LogP contribution in [0.25, 0.3) is 11.2 Å². The van der Waals surface area contributed by atoms with Gasteiger partial charge in [-0.2, -0.15) is 0 Å². The van der Waals surface area contributed by atoms with Crippen molar-refractivity contribution in [2.24, 2.45) is 0 Å². The Morgan fingerprint density at radius 2 is 2.06 bits per heavy atom. The first-order valence-electron chi connectivity index (χ1n) is 9.38. The van der Waals surface area contributed by atoms with Gasteiger partial charge in [0.15, 0.2) is 28.7 Å². The van der Waals surface area contributed by atoms with E-state index >= 15 is 0 Å². The van der Waals surface area contributed by atoms with Gasteiger partial charge in [0.05, 0.1) is 17.8 Å². The fourth-order valence-electron chi connectivity index (χ4n) is 3.49. The molecular weight excluding hydrogens is 500 g/mol.